The first-order valence-corrected chi connectivity index (χ1v) is 9.40. The Morgan fingerprint density at radius 1 is 1.04 bits per heavy atom. The van der Waals surface area contributed by atoms with Gasteiger partial charge in [-0.2, -0.15) is 0 Å². The molecule has 1 aromatic heterocycles. The van der Waals surface area contributed by atoms with Crippen LogP contribution in [0.25, 0.3) is 0 Å². The van der Waals surface area contributed by atoms with Gasteiger partial charge in [0.2, 0.25) is 0 Å². The van der Waals surface area contributed by atoms with E-state index in [-0.39, 0.29) is 12.0 Å². The molecule has 1 heterocycles. The molecule has 0 saturated carbocycles. The van der Waals surface area contributed by atoms with Crippen molar-refractivity contribution in [1.29, 1.82) is 0 Å². The van der Waals surface area contributed by atoms with E-state index in [1.807, 2.05) is 62.4 Å². The minimum atomic E-state index is -0.214. The van der Waals surface area contributed by atoms with Crippen LogP contribution in [-0.2, 0) is 6.54 Å². The molecule has 0 spiro atoms. The molecule has 28 heavy (non-hydrogen) atoms. The predicted octanol–water partition coefficient (Wildman–Crippen LogP) is 5.39. The van der Waals surface area contributed by atoms with E-state index in [0.717, 1.165) is 11.3 Å². The molecule has 144 valence electrons. The van der Waals surface area contributed by atoms with Gasteiger partial charge >= 0.3 is 0 Å². The number of halogens is 1. The lowest BCUT2D eigenvalue weighted by Crippen LogP contribution is -2.12. The summed E-state index contributed by atoms with van der Waals surface area (Å²) in [5.74, 6) is 1.25. The Hall–Kier alpha value is -3.05. The number of amides is 1. The maximum Gasteiger partial charge on any atom is 0.257 e. The number of pyridine rings is 1. The van der Waals surface area contributed by atoms with Crippen LogP contribution in [0.4, 0.5) is 11.5 Å². The van der Waals surface area contributed by atoms with Crippen molar-refractivity contribution in [2.45, 2.75) is 26.5 Å². The Balaban J connectivity index is 1.55. The summed E-state index contributed by atoms with van der Waals surface area (Å²) in [6.45, 7) is 4.56. The van der Waals surface area contributed by atoms with Crippen LogP contribution in [0.5, 0.6) is 5.75 Å². The summed E-state index contributed by atoms with van der Waals surface area (Å²) in [5.41, 5.74) is 2.28. The highest BCUT2D eigenvalue weighted by atomic mass is 35.5. The van der Waals surface area contributed by atoms with E-state index in [9.17, 15) is 4.79 Å². The van der Waals surface area contributed by atoms with Gasteiger partial charge in [-0.15, -0.1) is 0 Å². The molecular weight excluding hydrogens is 374 g/mol. The number of carbonyl (C=O) groups is 1. The zero-order valence-electron chi connectivity index (χ0n) is 15.8. The second-order valence-corrected chi connectivity index (χ2v) is 6.99. The van der Waals surface area contributed by atoms with Crippen molar-refractivity contribution < 1.29 is 9.53 Å². The lowest BCUT2D eigenvalue weighted by Gasteiger charge is -2.11. The van der Waals surface area contributed by atoms with Gasteiger partial charge in [0.05, 0.1) is 11.7 Å². The normalized spacial score (nSPS) is 10.6. The van der Waals surface area contributed by atoms with Crippen molar-refractivity contribution in [1.82, 2.24) is 4.98 Å². The Kier molecular flexibility index (Phi) is 6.50. The number of rotatable bonds is 7. The molecule has 0 aliphatic heterocycles. The van der Waals surface area contributed by atoms with Crippen LogP contribution in [0.1, 0.15) is 29.8 Å². The number of nitrogens with zero attached hydrogens (tertiary/aromatic N) is 1. The molecule has 0 aliphatic carbocycles. The maximum atomic E-state index is 12.4. The molecule has 3 aromatic rings. The summed E-state index contributed by atoms with van der Waals surface area (Å²) in [6.07, 6.45) is 1.66. The lowest BCUT2D eigenvalue weighted by atomic mass is 10.2. The van der Waals surface area contributed by atoms with Crippen LogP contribution >= 0.6 is 11.6 Å². The SMILES string of the molecule is CC(C)Oc1ccc(NC(=O)c2ccc(NCc3ccc(Cl)cc3)nc2)cc1. The number of nitrogens with one attached hydrogen (secondary N) is 2. The second-order valence-electron chi connectivity index (χ2n) is 6.56. The zero-order chi connectivity index (χ0) is 19.9. The van der Waals surface area contributed by atoms with Gasteiger partial charge < -0.3 is 15.4 Å². The third-order valence-corrected chi connectivity index (χ3v) is 4.15. The van der Waals surface area contributed by atoms with Gasteiger partial charge in [0.25, 0.3) is 5.91 Å². The lowest BCUT2D eigenvalue weighted by molar-refractivity contribution is 0.102. The summed E-state index contributed by atoms with van der Waals surface area (Å²) in [5, 5.41) is 6.78. The van der Waals surface area contributed by atoms with Crippen LogP contribution in [0.2, 0.25) is 5.02 Å². The smallest absolute Gasteiger partial charge is 0.257 e. The molecule has 0 unspecified atom stereocenters. The monoisotopic (exact) mass is 395 g/mol. The van der Waals surface area contributed by atoms with Crippen molar-refractivity contribution in [3.05, 3.63) is 83.0 Å². The number of ether oxygens (including phenoxy) is 1. The van der Waals surface area contributed by atoms with E-state index in [0.29, 0.717) is 28.6 Å². The minimum absolute atomic E-state index is 0.110. The van der Waals surface area contributed by atoms with Crippen LogP contribution in [0.3, 0.4) is 0 Å². The Morgan fingerprint density at radius 3 is 2.36 bits per heavy atom. The summed E-state index contributed by atoms with van der Waals surface area (Å²) in [4.78, 5) is 16.7. The van der Waals surface area contributed by atoms with Crippen LogP contribution in [-0.4, -0.2) is 17.0 Å². The minimum Gasteiger partial charge on any atom is -0.491 e. The summed E-state index contributed by atoms with van der Waals surface area (Å²) < 4.78 is 5.60. The summed E-state index contributed by atoms with van der Waals surface area (Å²) in [6, 6.07) is 18.4. The molecule has 3 rings (SSSR count). The number of benzene rings is 2. The van der Waals surface area contributed by atoms with E-state index >= 15 is 0 Å². The Morgan fingerprint density at radius 2 is 1.75 bits per heavy atom. The van der Waals surface area contributed by atoms with E-state index in [1.165, 1.54) is 0 Å². The average molecular weight is 396 g/mol. The molecule has 2 N–H and O–H groups in total. The average Bonchev–Trinajstić information content (AvgIpc) is 2.69. The third-order valence-electron chi connectivity index (χ3n) is 3.90. The van der Waals surface area contributed by atoms with E-state index < -0.39 is 0 Å². The number of hydrogen-bond donors (Lipinski definition) is 2. The number of carbonyl (C=O) groups excluding carboxylic acids is 1. The highest BCUT2D eigenvalue weighted by molar-refractivity contribution is 6.30. The molecule has 0 aliphatic rings. The van der Waals surface area contributed by atoms with Gasteiger partial charge in [0, 0.05) is 23.5 Å². The Labute approximate surface area is 169 Å². The van der Waals surface area contributed by atoms with Gasteiger partial charge in [0.1, 0.15) is 11.6 Å². The third kappa shape index (κ3) is 5.72. The first kappa shape index (κ1) is 19.7. The molecule has 0 atom stereocenters. The van der Waals surface area contributed by atoms with Crippen molar-refractivity contribution in [3.8, 4) is 5.75 Å². The van der Waals surface area contributed by atoms with E-state index in [4.69, 9.17) is 16.3 Å². The standard InChI is InChI=1S/C22H22ClN3O2/c1-15(2)28-20-10-8-19(9-11-20)26-22(27)17-5-12-21(25-14-17)24-13-16-3-6-18(23)7-4-16/h3-12,14-15H,13H2,1-2H3,(H,24,25)(H,26,27). The van der Waals surface area contributed by atoms with E-state index in [1.54, 1.807) is 18.3 Å². The van der Waals surface area contributed by atoms with E-state index in [2.05, 4.69) is 15.6 Å². The highest BCUT2D eigenvalue weighted by Gasteiger charge is 2.07. The fraction of sp³-hybridized carbons (Fsp3) is 0.182. The van der Waals surface area contributed by atoms with Crippen molar-refractivity contribution in [3.63, 3.8) is 0 Å². The van der Waals surface area contributed by atoms with Crippen molar-refractivity contribution >= 4 is 29.0 Å². The number of aromatic nitrogens is 1. The van der Waals surface area contributed by atoms with Crippen LogP contribution in [0.15, 0.2) is 66.9 Å². The topological polar surface area (TPSA) is 63.2 Å². The van der Waals surface area contributed by atoms with Crippen LogP contribution < -0.4 is 15.4 Å². The molecule has 0 radical (unpaired) electrons. The van der Waals surface area contributed by atoms with Crippen molar-refractivity contribution in [2.75, 3.05) is 10.6 Å². The van der Waals surface area contributed by atoms with Gasteiger partial charge in [-0.3, -0.25) is 4.79 Å². The van der Waals surface area contributed by atoms with Gasteiger partial charge in [-0.25, -0.2) is 4.98 Å². The molecular formula is C22H22ClN3O2. The highest BCUT2D eigenvalue weighted by Crippen LogP contribution is 2.18. The second kappa shape index (κ2) is 9.24. The fourth-order valence-electron chi connectivity index (χ4n) is 2.52. The van der Waals surface area contributed by atoms with Crippen molar-refractivity contribution in [2.24, 2.45) is 0 Å². The van der Waals surface area contributed by atoms with Crippen LogP contribution in [0, 0.1) is 0 Å². The first-order valence-electron chi connectivity index (χ1n) is 9.02. The quantitative estimate of drug-likeness (QED) is 0.563. The zero-order valence-corrected chi connectivity index (χ0v) is 16.5. The van der Waals surface area contributed by atoms with Gasteiger partial charge in [0.15, 0.2) is 0 Å². The first-order chi connectivity index (χ1) is 13.5. The summed E-state index contributed by atoms with van der Waals surface area (Å²) in [7, 11) is 0. The van der Waals surface area contributed by atoms with Gasteiger partial charge in [-0.1, -0.05) is 23.7 Å². The molecule has 0 fully saturated rings. The Bertz CT molecular complexity index is 908. The van der Waals surface area contributed by atoms with Gasteiger partial charge in [-0.05, 0) is 67.9 Å². The molecule has 0 bridgehead atoms. The maximum absolute atomic E-state index is 12.4. The summed E-state index contributed by atoms with van der Waals surface area (Å²) >= 11 is 5.88. The molecule has 5 nitrogen and oxygen atoms in total. The fourth-order valence-corrected chi connectivity index (χ4v) is 2.65. The number of anilines is 2. The molecule has 1 amide bonds. The molecule has 6 heteroatoms. The predicted molar refractivity (Wildman–Crippen MR) is 113 cm³/mol. The molecule has 2 aromatic carbocycles. The number of hydrogen-bond acceptors (Lipinski definition) is 4. The largest absolute Gasteiger partial charge is 0.491 e. The molecule has 0 saturated heterocycles.